The second-order valence-electron chi connectivity index (χ2n) is 8.95. The quantitative estimate of drug-likeness (QED) is 0.109. The SMILES string of the molecule is [B]C(=O)OCc1ccc(OCc2ccc([N+](=O)[O-])cc2)c(NC(=O)CNC(=O)CCCCCN2C(=O)C=CC2=O)c1. The fourth-order valence-electron chi connectivity index (χ4n) is 3.77. The molecule has 2 aromatic carbocycles. The fraction of sp³-hybridized carbons (Fsp3) is 0.296. The summed E-state index contributed by atoms with van der Waals surface area (Å²) >= 11 is 0. The number of hydrogen-bond acceptors (Lipinski definition) is 9. The molecule has 212 valence electrons. The van der Waals surface area contributed by atoms with Gasteiger partial charge in [0.1, 0.15) is 19.0 Å². The summed E-state index contributed by atoms with van der Waals surface area (Å²) in [7, 11) is 5.02. The van der Waals surface area contributed by atoms with Crippen LogP contribution >= 0.6 is 0 Å². The predicted octanol–water partition coefficient (Wildman–Crippen LogP) is 2.52. The highest BCUT2D eigenvalue weighted by molar-refractivity contribution is 6.55. The number of nitro benzene ring substituents is 1. The van der Waals surface area contributed by atoms with Crippen molar-refractivity contribution in [1.29, 1.82) is 0 Å². The summed E-state index contributed by atoms with van der Waals surface area (Å²) in [5.74, 6) is -2.25. The molecule has 2 N–H and O–H groups in total. The maximum absolute atomic E-state index is 12.6. The highest BCUT2D eigenvalue weighted by Crippen LogP contribution is 2.27. The van der Waals surface area contributed by atoms with Gasteiger partial charge in [0.15, 0.2) is 0 Å². The Morgan fingerprint density at radius 3 is 2.24 bits per heavy atom. The molecule has 0 saturated carbocycles. The monoisotopic (exact) mass is 562 g/mol. The molecule has 0 aliphatic carbocycles. The molecule has 2 radical (unpaired) electrons. The van der Waals surface area contributed by atoms with Gasteiger partial charge in [-0.3, -0.25) is 39.0 Å². The summed E-state index contributed by atoms with van der Waals surface area (Å²) in [6, 6.07) is 10.5. The van der Waals surface area contributed by atoms with E-state index in [1.165, 1.54) is 30.4 Å². The topological polar surface area (TPSA) is 174 Å². The van der Waals surface area contributed by atoms with Crippen LogP contribution in [-0.2, 0) is 37.1 Å². The molecule has 2 aromatic rings. The molecular weight excluding hydrogens is 535 g/mol. The zero-order valence-electron chi connectivity index (χ0n) is 22.0. The van der Waals surface area contributed by atoms with Gasteiger partial charge < -0.3 is 20.1 Å². The molecule has 0 bridgehead atoms. The third-order valence-electron chi connectivity index (χ3n) is 5.87. The average molecular weight is 562 g/mol. The van der Waals surface area contributed by atoms with E-state index < -0.39 is 16.7 Å². The molecule has 14 heteroatoms. The third-order valence-corrected chi connectivity index (χ3v) is 5.87. The summed E-state index contributed by atoms with van der Waals surface area (Å²) in [5.41, 5.74) is 1.35. The molecule has 1 aliphatic heterocycles. The minimum atomic E-state index is -0.966. The number of carbonyl (C=O) groups excluding carboxylic acids is 5. The standard InChI is InChI=1S/C27H27BN4O9/c28-27(37)41-17-19-7-10-22(40-16-18-5-8-20(9-6-18)32(38)39)21(14-19)30-24(34)15-29-23(33)4-2-1-3-13-31-25(35)11-12-26(31)36/h5-12,14H,1-4,13,15-17H2,(H,29,33)(H,30,34). The van der Waals surface area contributed by atoms with Crippen LogP contribution in [0, 0.1) is 10.1 Å². The number of anilines is 1. The number of imide groups is 1. The van der Waals surface area contributed by atoms with Crippen LogP contribution in [-0.4, -0.2) is 60.3 Å². The third kappa shape index (κ3) is 9.91. The van der Waals surface area contributed by atoms with Gasteiger partial charge >= 0.3 is 0 Å². The number of carbonyl (C=O) groups is 5. The van der Waals surface area contributed by atoms with Crippen molar-refractivity contribution in [1.82, 2.24) is 10.2 Å². The Labute approximate surface area is 236 Å². The number of unbranched alkanes of at least 4 members (excludes halogenated alkanes) is 2. The van der Waals surface area contributed by atoms with Crippen molar-refractivity contribution in [2.24, 2.45) is 0 Å². The van der Waals surface area contributed by atoms with Crippen LogP contribution in [0.5, 0.6) is 5.75 Å². The Morgan fingerprint density at radius 1 is 0.902 bits per heavy atom. The molecule has 0 saturated heterocycles. The number of nitrogens with zero attached hydrogens (tertiary/aromatic N) is 2. The van der Waals surface area contributed by atoms with E-state index in [4.69, 9.17) is 17.3 Å². The first-order valence-corrected chi connectivity index (χ1v) is 12.6. The zero-order valence-corrected chi connectivity index (χ0v) is 22.0. The number of ether oxygens (including phenoxy) is 2. The van der Waals surface area contributed by atoms with E-state index in [0.29, 0.717) is 30.4 Å². The highest BCUT2D eigenvalue weighted by Gasteiger charge is 2.22. The van der Waals surface area contributed by atoms with Crippen LogP contribution in [0.1, 0.15) is 36.8 Å². The number of nitro groups is 1. The summed E-state index contributed by atoms with van der Waals surface area (Å²) in [4.78, 5) is 70.3. The van der Waals surface area contributed by atoms with Crippen LogP contribution in [0.2, 0.25) is 0 Å². The highest BCUT2D eigenvalue weighted by atomic mass is 16.6. The van der Waals surface area contributed by atoms with Gasteiger partial charge in [0.25, 0.3) is 17.5 Å². The largest absolute Gasteiger partial charge is 0.487 e. The van der Waals surface area contributed by atoms with E-state index in [9.17, 15) is 34.1 Å². The maximum atomic E-state index is 12.6. The fourth-order valence-corrected chi connectivity index (χ4v) is 3.77. The van der Waals surface area contributed by atoms with Gasteiger partial charge in [-0.15, -0.1) is 0 Å². The maximum Gasteiger partial charge on any atom is 0.269 e. The van der Waals surface area contributed by atoms with Crippen molar-refractivity contribution in [3.05, 3.63) is 75.9 Å². The van der Waals surface area contributed by atoms with Crippen LogP contribution < -0.4 is 15.4 Å². The lowest BCUT2D eigenvalue weighted by Gasteiger charge is -2.15. The molecule has 0 spiro atoms. The van der Waals surface area contributed by atoms with Crippen molar-refractivity contribution < 1.29 is 38.4 Å². The second-order valence-corrected chi connectivity index (χ2v) is 8.95. The molecule has 1 heterocycles. The number of rotatable bonds is 15. The molecule has 0 aromatic heterocycles. The Morgan fingerprint density at radius 2 is 1.59 bits per heavy atom. The first-order chi connectivity index (χ1) is 19.6. The summed E-state index contributed by atoms with van der Waals surface area (Å²) < 4.78 is 10.6. The Bertz CT molecular complexity index is 1330. The van der Waals surface area contributed by atoms with Crippen molar-refractivity contribution in [2.75, 3.05) is 18.4 Å². The normalized spacial score (nSPS) is 12.2. The van der Waals surface area contributed by atoms with E-state index in [1.54, 1.807) is 24.3 Å². The molecule has 4 amide bonds. The van der Waals surface area contributed by atoms with E-state index in [2.05, 4.69) is 10.6 Å². The van der Waals surface area contributed by atoms with E-state index in [1.807, 2.05) is 0 Å². The molecule has 0 fully saturated rings. The zero-order chi connectivity index (χ0) is 29.8. The summed E-state index contributed by atoms with van der Waals surface area (Å²) in [5, 5.41) is 16.0. The van der Waals surface area contributed by atoms with Crippen molar-refractivity contribution in [3.8, 4) is 5.75 Å². The minimum absolute atomic E-state index is 0.0470. The van der Waals surface area contributed by atoms with Gasteiger partial charge in [0.05, 0.1) is 17.2 Å². The van der Waals surface area contributed by atoms with Gasteiger partial charge in [-0.05, 0) is 48.2 Å². The number of nitrogens with one attached hydrogen (secondary N) is 2. The smallest absolute Gasteiger partial charge is 0.269 e. The minimum Gasteiger partial charge on any atom is -0.487 e. The number of hydrogen-bond donors (Lipinski definition) is 2. The van der Waals surface area contributed by atoms with E-state index >= 15 is 0 Å². The van der Waals surface area contributed by atoms with Crippen molar-refractivity contribution in [2.45, 2.75) is 38.9 Å². The molecule has 13 nitrogen and oxygen atoms in total. The predicted molar refractivity (Wildman–Crippen MR) is 146 cm³/mol. The lowest BCUT2D eigenvalue weighted by atomic mass is 10.1. The Hall–Kier alpha value is -5.01. The van der Waals surface area contributed by atoms with Crippen molar-refractivity contribution in [3.63, 3.8) is 0 Å². The lowest BCUT2D eigenvalue weighted by Crippen LogP contribution is -2.33. The molecule has 0 unspecified atom stereocenters. The molecular formula is C27H27BN4O9. The van der Waals surface area contributed by atoms with Gasteiger partial charge in [0.2, 0.25) is 25.5 Å². The van der Waals surface area contributed by atoms with Crippen LogP contribution in [0.25, 0.3) is 0 Å². The lowest BCUT2D eigenvalue weighted by molar-refractivity contribution is -0.384. The number of non-ortho nitro benzene ring substituents is 1. The Kier molecular flexibility index (Phi) is 11.1. The van der Waals surface area contributed by atoms with Gasteiger partial charge in [0, 0.05) is 37.3 Å². The summed E-state index contributed by atoms with van der Waals surface area (Å²) in [6.45, 7) is -0.128. The van der Waals surface area contributed by atoms with Gasteiger partial charge in [-0.2, -0.15) is 0 Å². The van der Waals surface area contributed by atoms with Crippen LogP contribution in [0.15, 0.2) is 54.6 Å². The first-order valence-electron chi connectivity index (χ1n) is 12.6. The van der Waals surface area contributed by atoms with Gasteiger partial charge in [-0.1, -0.05) is 12.5 Å². The van der Waals surface area contributed by atoms with E-state index in [0.717, 1.165) is 4.90 Å². The molecule has 1 aliphatic rings. The first kappa shape index (κ1) is 30.5. The van der Waals surface area contributed by atoms with Crippen LogP contribution in [0.3, 0.4) is 0 Å². The number of benzene rings is 2. The van der Waals surface area contributed by atoms with Crippen molar-refractivity contribution >= 4 is 48.7 Å². The average Bonchev–Trinajstić information content (AvgIpc) is 3.26. The van der Waals surface area contributed by atoms with Gasteiger partial charge in [-0.25, -0.2) is 0 Å². The number of amides is 4. The van der Waals surface area contributed by atoms with Crippen LogP contribution in [0.4, 0.5) is 16.2 Å². The summed E-state index contributed by atoms with van der Waals surface area (Å²) in [6.07, 6.45) is 4.30. The molecule has 0 atom stereocenters. The van der Waals surface area contributed by atoms with E-state index in [-0.39, 0.29) is 67.6 Å². The molecule has 3 rings (SSSR count). The molecule has 41 heavy (non-hydrogen) atoms. The Balaban J connectivity index is 1.49. The second kappa shape index (κ2) is 15.0.